The number of carbonyl (C=O) groups excluding carboxylic acids is 2. The van der Waals surface area contributed by atoms with E-state index in [4.69, 9.17) is 51.1 Å². The van der Waals surface area contributed by atoms with E-state index in [1.54, 1.807) is 0 Å². The first-order valence-corrected chi connectivity index (χ1v) is 10.7. The van der Waals surface area contributed by atoms with Crippen LogP contribution in [0.4, 0.5) is 0 Å². The van der Waals surface area contributed by atoms with Crippen molar-refractivity contribution in [2.75, 3.05) is 13.2 Å². The Morgan fingerprint density at radius 1 is 0.964 bits per heavy atom. The van der Waals surface area contributed by atoms with Gasteiger partial charge in [0.05, 0.1) is 21.5 Å². The quantitative estimate of drug-likeness (QED) is 0.443. The van der Waals surface area contributed by atoms with Gasteiger partial charge in [-0.1, -0.05) is 52.5 Å². The Balaban J connectivity index is 1.86. The number of carbonyl (C=O) groups is 2. The van der Waals surface area contributed by atoms with Gasteiger partial charge in [-0.25, -0.2) is 13.1 Å². The van der Waals surface area contributed by atoms with E-state index in [0.29, 0.717) is 5.02 Å². The average molecular weight is 485 g/mol. The molecule has 0 saturated carbocycles. The van der Waals surface area contributed by atoms with Crippen molar-refractivity contribution in [1.29, 1.82) is 0 Å². The molecule has 0 aromatic heterocycles. The van der Waals surface area contributed by atoms with E-state index in [2.05, 4.69) is 4.72 Å². The number of sulfonamides is 1. The highest BCUT2D eigenvalue weighted by atomic mass is 35.5. The number of benzene rings is 2. The number of halogens is 4. The standard InChI is InChI=1S/C17H13Cl4NO5S/c18-10-4-5-11(14(21)8-10)15(23)9-27-16(24)6-7-22-28(25,26)17-12(19)2-1-3-13(17)20/h1-5,8,22H,6-7,9H2. The molecule has 0 amide bonds. The lowest BCUT2D eigenvalue weighted by Crippen LogP contribution is -2.27. The second-order valence-corrected chi connectivity index (χ2v) is 8.77. The Kier molecular flexibility index (Phi) is 8.12. The summed E-state index contributed by atoms with van der Waals surface area (Å²) in [6, 6.07) is 8.56. The third-order valence-corrected chi connectivity index (χ3v) is 6.37. The van der Waals surface area contributed by atoms with Crippen LogP contribution in [0.15, 0.2) is 41.3 Å². The summed E-state index contributed by atoms with van der Waals surface area (Å²) in [5.74, 6) is -1.29. The zero-order chi connectivity index (χ0) is 20.9. The van der Waals surface area contributed by atoms with Crippen LogP contribution < -0.4 is 4.72 Å². The Morgan fingerprint density at radius 3 is 2.21 bits per heavy atom. The molecule has 0 radical (unpaired) electrons. The van der Waals surface area contributed by atoms with Crippen LogP contribution in [0, 0.1) is 0 Å². The van der Waals surface area contributed by atoms with Gasteiger partial charge in [0, 0.05) is 17.1 Å². The first-order valence-electron chi connectivity index (χ1n) is 7.69. The molecule has 0 saturated heterocycles. The SMILES string of the molecule is O=C(CCNS(=O)(=O)c1c(Cl)cccc1Cl)OCC(=O)c1ccc(Cl)cc1Cl. The molecule has 2 aromatic carbocycles. The molecule has 0 unspecified atom stereocenters. The van der Waals surface area contributed by atoms with Crippen molar-refractivity contribution >= 4 is 68.2 Å². The minimum Gasteiger partial charge on any atom is -0.457 e. The number of hydrogen-bond acceptors (Lipinski definition) is 5. The van der Waals surface area contributed by atoms with Crippen molar-refractivity contribution in [1.82, 2.24) is 4.72 Å². The number of Topliss-reactive ketones (excluding diaryl/α,β-unsaturated/α-hetero) is 1. The number of rotatable bonds is 8. The normalized spacial score (nSPS) is 11.3. The first-order chi connectivity index (χ1) is 13.1. The molecule has 150 valence electrons. The summed E-state index contributed by atoms with van der Waals surface area (Å²) in [5.41, 5.74) is 0.160. The van der Waals surface area contributed by atoms with Crippen LogP contribution in [-0.4, -0.2) is 33.3 Å². The minimum atomic E-state index is -4.02. The fraction of sp³-hybridized carbons (Fsp3) is 0.176. The summed E-state index contributed by atoms with van der Waals surface area (Å²) in [7, 11) is -4.02. The zero-order valence-corrected chi connectivity index (χ0v) is 17.9. The van der Waals surface area contributed by atoms with Gasteiger partial charge in [0.25, 0.3) is 0 Å². The van der Waals surface area contributed by atoms with Crippen LogP contribution in [0.1, 0.15) is 16.8 Å². The lowest BCUT2D eigenvalue weighted by molar-refractivity contribution is -0.142. The van der Waals surface area contributed by atoms with Gasteiger partial charge in [0.2, 0.25) is 15.8 Å². The smallest absolute Gasteiger partial charge is 0.307 e. The molecule has 0 fully saturated rings. The van der Waals surface area contributed by atoms with E-state index in [1.165, 1.54) is 36.4 Å². The van der Waals surface area contributed by atoms with Gasteiger partial charge >= 0.3 is 5.97 Å². The molecule has 28 heavy (non-hydrogen) atoms. The lowest BCUT2D eigenvalue weighted by atomic mass is 10.1. The molecule has 0 aliphatic heterocycles. The van der Waals surface area contributed by atoms with E-state index in [1.807, 2.05) is 0 Å². The molecule has 2 rings (SSSR count). The number of esters is 1. The Morgan fingerprint density at radius 2 is 1.61 bits per heavy atom. The van der Waals surface area contributed by atoms with Gasteiger partial charge in [0.15, 0.2) is 6.61 Å². The monoisotopic (exact) mass is 483 g/mol. The highest BCUT2D eigenvalue weighted by Gasteiger charge is 2.21. The number of ether oxygens (including phenoxy) is 1. The maximum absolute atomic E-state index is 12.3. The predicted molar refractivity (Wildman–Crippen MR) is 108 cm³/mol. The van der Waals surface area contributed by atoms with Crippen LogP contribution >= 0.6 is 46.4 Å². The summed E-state index contributed by atoms with van der Waals surface area (Å²) in [4.78, 5) is 23.5. The average Bonchev–Trinajstić information content (AvgIpc) is 2.59. The van der Waals surface area contributed by atoms with Gasteiger partial charge in [-0.2, -0.15) is 0 Å². The molecule has 0 atom stereocenters. The van der Waals surface area contributed by atoms with E-state index in [0.717, 1.165) is 0 Å². The summed E-state index contributed by atoms with van der Waals surface area (Å²) >= 11 is 23.4. The summed E-state index contributed by atoms with van der Waals surface area (Å²) in [6.45, 7) is -0.804. The van der Waals surface area contributed by atoms with Crippen LogP contribution in [0.5, 0.6) is 0 Å². The number of hydrogen-bond donors (Lipinski definition) is 1. The Hall–Kier alpha value is -1.35. The summed E-state index contributed by atoms with van der Waals surface area (Å²) in [5, 5.41) is 0.406. The molecule has 0 aliphatic carbocycles. The molecule has 2 aromatic rings. The highest BCUT2D eigenvalue weighted by Crippen LogP contribution is 2.28. The maximum Gasteiger partial charge on any atom is 0.307 e. The summed E-state index contributed by atoms with van der Waals surface area (Å²) in [6.07, 6.45) is -0.303. The topological polar surface area (TPSA) is 89.5 Å². The second-order valence-electron chi connectivity index (χ2n) is 5.41. The third-order valence-electron chi connectivity index (χ3n) is 3.40. The van der Waals surface area contributed by atoms with E-state index < -0.39 is 28.4 Å². The second kappa shape index (κ2) is 9.91. The predicted octanol–water partition coefficient (Wildman–Crippen LogP) is 4.39. The Bertz CT molecular complexity index is 990. The first kappa shape index (κ1) is 22.9. The van der Waals surface area contributed by atoms with Crippen molar-refractivity contribution in [3.05, 3.63) is 62.1 Å². The molecule has 6 nitrogen and oxygen atoms in total. The number of nitrogens with one attached hydrogen (secondary N) is 1. The number of ketones is 1. The van der Waals surface area contributed by atoms with Crippen molar-refractivity contribution in [2.45, 2.75) is 11.3 Å². The lowest BCUT2D eigenvalue weighted by Gasteiger charge is -2.10. The fourth-order valence-electron chi connectivity index (χ4n) is 2.11. The van der Waals surface area contributed by atoms with Gasteiger partial charge in [-0.15, -0.1) is 0 Å². The zero-order valence-electron chi connectivity index (χ0n) is 14.0. The van der Waals surface area contributed by atoms with E-state index in [9.17, 15) is 18.0 Å². The van der Waals surface area contributed by atoms with Gasteiger partial charge in [-0.3, -0.25) is 9.59 Å². The molecular formula is C17H13Cl4NO5S. The van der Waals surface area contributed by atoms with E-state index >= 15 is 0 Å². The van der Waals surface area contributed by atoms with Gasteiger partial charge < -0.3 is 4.74 Å². The highest BCUT2D eigenvalue weighted by molar-refractivity contribution is 7.89. The largest absolute Gasteiger partial charge is 0.457 e. The fourth-order valence-corrected chi connectivity index (χ4v) is 4.80. The third kappa shape index (κ3) is 6.07. The molecule has 0 aliphatic rings. The van der Waals surface area contributed by atoms with Crippen LogP contribution in [0.3, 0.4) is 0 Å². The molecule has 1 N–H and O–H groups in total. The van der Waals surface area contributed by atoms with Crippen LogP contribution in [-0.2, 0) is 19.6 Å². The molecule has 0 spiro atoms. The summed E-state index contributed by atoms with van der Waals surface area (Å²) < 4.78 is 31.6. The molecule has 0 bridgehead atoms. The molecule has 11 heteroatoms. The van der Waals surface area contributed by atoms with Crippen molar-refractivity contribution in [3.63, 3.8) is 0 Å². The maximum atomic E-state index is 12.3. The molecule has 0 heterocycles. The van der Waals surface area contributed by atoms with Crippen molar-refractivity contribution in [3.8, 4) is 0 Å². The van der Waals surface area contributed by atoms with Crippen molar-refractivity contribution < 1.29 is 22.7 Å². The van der Waals surface area contributed by atoms with Crippen molar-refractivity contribution in [2.24, 2.45) is 0 Å². The van der Waals surface area contributed by atoms with Gasteiger partial charge in [0.1, 0.15) is 4.90 Å². The van der Waals surface area contributed by atoms with E-state index in [-0.39, 0.29) is 38.5 Å². The minimum absolute atomic E-state index is 0.0481. The molecular weight excluding hydrogens is 472 g/mol. The van der Waals surface area contributed by atoms with Crippen LogP contribution in [0.25, 0.3) is 0 Å². The Labute approximate surface area is 181 Å². The van der Waals surface area contributed by atoms with Gasteiger partial charge in [-0.05, 0) is 30.3 Å². The van der Waals surface area contributed by atoms with Crippen LogP contribution in [0.2, 0.25) is 20.1 Å².